The van der Waals surface area contributed by atoms with Crippen LogP contribution in [0.1, 0.15) is 41.3 Å². The van der Waals surface area contributed by atoms with Gasteiger partial charge in [-0.05, 0) is 66.6 Å². The van der Waals surface area contributed by atoms with Gasteiger partial charge in [-0.1, -0.05) is 31.5 Å². The van der Waals surface area contributed by atoms with Gasteiger partial charge in [0, 0.05) is 5.56 Å². The Morgan fingerprint density at radius 3 is 2.43 bits per heavy atom. The van der Waals surface area contributed by atoms with Gasteiger partial charge in [0.05, 0.1) is 20.8 Å². The summed E-state index contributed by atoms with van der Waals surface area (Å²) in [5.74, 6) is 0.745. The molecule has 3 aromatic rings. The zero-order valence-electron chi connectivity index (χ0n) is 20.9. The molecule has 0 saturated carbocycles. The lowest BCUT2D eigenvalue weighted by molar-refractivity contribution is -0.129. The number of nitrogens with zero attached hydrogens (tertiary/aromatic N) is 1. The summed E-state index contributed by atoms with van der Waals surface area (Å²) in [5.41, 5.74) is 1.70. The molecule has 8 heteroatoms. The second-order valence-corrected chi connectivity index (χ2v) is 8.06. The molecular weight excluding hydrogens is 474 g/mol. The van der Waals surface area contributed by atoms with Gasteiger partial charge in [0.1, 0.15) is 17.1 Å². The summed E-state index contributed by atoms with van der Waals surface area (Å²) in [5, 5.41) is 0. The van der Waals surface area contributed by atoms with Crippen LogP contribution in [-0.2, 0) is 9.53 Å². The molecule has 0 aliphatic carbocycles. The molecule has 190 valence electrons. The third-order valence-corrected chi connectivity index (χ3v) is 5.51. The monoisotopic (exact) mass is 501 g/mol. The minimum atomic E-state index is -0.586. The Hall–Kier alpha value is -4.59. The maximum atomic E-state index is 12.7. The first kappa shape index (κ1) is 25.5. The standard InChI is InChI=1S/C29H27NO7/c1-4-5-16-35-21-13-11-20(12-14-21)27-30-23(29(32)37-27)17-19-10-15-25(26(18-19)34-3)36-28(31)22-8-6-7-9-24(22)33-2/h6-15,17-18H,4-5,16H2,1-3H3/b23-17+. The molecule has 0 unspecified atom stereocenters. The van der Waals surface area contributed by atoms with Crippen molar-refractivity contribution in [2.24, 2.45) is 4.99 Å². The maximum Gasteiger partial charge on any atom is 0.363 e. The van der Waals surface area contributed by atoms with E-state index in [-0.39, 0.29) is 22.9 Å². The van der Waals surface area contributed by atoms with E-state index >= 15 is 0 Å². The van der Waals surface area contributed by atoms with Gasteiger partial charge in [-0.2, -0.15) is 0 Å². The lowest BCUT2D eigenvalue weighted by Gasteiger charge is -2.11. The lowest BCUT2D eigenvalue weighted by atomic mass is 10.1. The number of carbonyl (C=O) groups excluding carboxylic acids is 2. The van der Waals surface area contributed by atoms with Crippen molar-refractivity contribution in [3.05, 3.63) is 89.1 Å². The van der Waals surface area contributed by atoms with Gasteiger partial charge >= 0.3 is 11.9 Å². The highest BCUT2D eigenvalue weighted by molar-refractivity contribution is 6.12. The summed E-state index contributed by atoms with van der Waals surface area (Å²) >= 11 is 0. The van der Waals surface area contributed by atoms with Crippen LogP contribution in [0.25, 0.3) is 6.08 Å². The number of esters is 2. The molecule has 0 N–H and O–H groups in total. The smallest absolute Gasteiger partial charge is 0.363 e. The maximum absolute atomic E-state index is 12.7. The molecule has 0 saturated heterocycles. The number of hydrogen-bond acceptors (Lipinski definition) is 8. The van der Waals surface area contributed by atoms with Crippen LogP contribution in [0.3, 0.4) is 0 Å². The van der Waals surface area contributed by atoms with Gasteiger partial charge in [0.25, 0.3) is 0 Å². The normalized spacial score (nSPS) is 13.6. The highest BCUT2D eigenvalue weighted by Gasteiger charge is 2.24. The number of cyclic esters (lactones) is 1. The number of para-hydroxylation sites is 1. The van der Waals surface area contributed by atoms with Gasteiger partial charge in [-0.25, -0.2) is 14.6 Å². The van der Waals surface area contributed by atoms with E-state index in [1.807, 2.05) is 12.1 Å². The quantitative estimate of drug-likeness (QED) is 0.158. The van der Waals surface area contributed by atoms with E-state index in [2.05, 4.69) is 11.9 Å². The van der Waals surface area contributed by atoms with Crippen LogP contribution in [0.2, 0.25) is 0 Å². The fourth-order valence-electron chi connectivity index (χ4n) is 3.54. The highest BCUT2D eigenvalue weighted by atomic mass is 16.6. The molecule has 0 spiro atoms. The second kappa shape index (κ2) is 11.9. The van der Waals surface area contributed by atoms with Crippen molar-refractivity contribution < 1.29 is 33.3 Å². The van der Waals surface area contributed by atoms with Crippen LogP contribution in [-0.4, -0.2) is 38.7 Å². The molecule has 1 aliphatic rings. The first-order valence-electron chi connectivity index (χ1n) is 11.8. The van der Waals surface area contributed by atoms with E-state index in [1.54, 1.807) is 60.7 Å². The molecule has 1 aliphatic heterocycles. The van der Waals surface area contributed by atoms with Crippen molar-refractivity contribution in [3.63, 3.8) is 0 Å². The predicted octanol–water partition coefficient (Wildman–Crippen LogP) is 5.45. The number of rotatable bonds is 10. The van der Waals surface area contributed by atoms with Crippen molar-refractivity contribution >= 4 is 23.9 Å². The van der Waals surface area contributed by atoms with Crippen molar-refractivity contribution in [1.82, 2.24) is 0 Å². The lowest BCUT2D eigenvalue weighted by Crippen LogP contribution is -2.10. The third kappa shape index (κ3) is 6.16. The second-order valence-electron chi connectivity index (χ2n) is 8.06. The molecule has 0 bridgehead atoms. The minimum absolute atomic E-state index is 0.138. The largest absolute Gasteiger partial charge is 0.496 e. The third-order valence-electron chi connectivity index (χ3n) is 5.51. The van der Waals surface area contributed by atoms with Gasteiger partial charge in [-0.3, -0.25) is 0 Å². The van der Waals surface area contributed by atoms with Gasteiger partial charge in [0.2, 0.25) is 5.90 Å². The summed E-state index contributed by atoms with van der Waals surface area (Å²) < 4.78 is 27.2. The fraction of sp³-hybridized carbons (Fsp3) is 0.207. The summed E-state index contributed by atoms with van der Waals surface area (Å²) in [6, 6.07) is 18.9. The van der Waals surface area contributed by atoms with E-state index in [0.29, 0.717) is 29.2 Å². The zero-order chi connectivity index (χ0) is 26.2. The Morgan fingerprint density at radius 1 is 0.946 bits per heavy atom. The molecule has 3 aromatic carbocycles. The van der Waals surface area contributed by atoms with Crippen LogP contribution in [0.5, 0.6) is 23.0 Å². The summed E-state index contributed by atoms with van der Waals surface area (Å²) in [4.78, 5) is 29.5. The molecular formula is C29H27NO7. The first-order chi connectivity index (χ1) is 18.0. The van der Waals surface area contributed by atoms with Gasteiger partial charge in [-0.15, -0.1) is 0 Å². The zero-order valence-corrected chi connectivity index (χ0v) is 20.9. The van der Waals surface area contributed by atoms with Crippen LogP contribution in [0, 0.1) is 0 Å². The molecule has 1 heterocycles. The molecule has 4 rings (SSSR count). The molecule has 8 nitrogen and oxygen atoms in total. The Bertz CT molecular complexity index is 1340. The number of hydrogen-bond donors (Lipinski definition) is 0. The Kier molecular flexibility index (Phi) is 8.20. The minimum Gasteiger partial charge on any atom is -0.496 e. The highest BCUT2D eigenvalue weighted by Crippen LogP contribution is 2.31. The van der Waals surface area contributed by atoms with Crippen molar-refractivity contribution in [1.29, 1.82) is 0 Å². The van der Waals surface area contributed by atoms with E-state index < -0.39 is 11.9 Å². The van der Waals surface area contributed by atoms with E-state index in [4.69, 9.17) is 23.7 Å². The number of ether oxygens (including phenoxy) is 5. The number of methoxy groups -OCH3 is 2. The Balaban J connectivity index is 1.50. The van der Waals surface area contributed by atoms with Crippen LogP contribution >= 0.6 is 0 Å². The molecule has 0 aromatic heterocycles. The molecule has 0 amide bonds. The fourth-order valence-corrected chi connectivity index (χ4v) is 3.54. The molecule has 0 fully saturated rings. The van der Waals surface area contributed by atoms with Crippen molar-refractivity contribution in [2.75, 3.05) is 20.8 Å². The summed E-state index contributed by atoms with van der Waals surface area (Å²) in [6.45, 7) is 2.76. The van der Waals surface area contributed by atoms with E-state index in [1.165, 1.54) is 14.2 Å². The van der Waals surface area contributed by atoms with Crippen molar-refractivity contribution in [2.45, 2.75) is 19.8 Å². The predicted molar refractivity (Wildman–Crippen MR) is 138 cm³/mol. The van der Waals surface area contributed by atoms with Gasteiger partial charge in [0.15, 0.2) is 17.2 Å². The molecule has 37 heavy (non-hydrogen) atoms. The Labute approximate surface area is 215 Å². The van der Waals surface area contributed by atoms with E-state index in [0.717, 1.165) is 18.6 Å². The van der Waals surface area contributed by atoms with Crippen molar-refractivity contribution in [3.8, 4) is 23.0 Å². The van der Waals surface area contributed by atoms with Gasteiger partial charge < -0.3 is 23.7 Å². The topological polar surface area (TPSA) is 92.7 Å². The van der Waals surface area contributed by atoms with Crippen LogP contribution < -0.4 is 18.9 Å². The number of aliphatic imine (C=N–C) groups is 1. The number of benzene rings is 3. The summed E-state index contributed by atoms with van der Waals surface area (Å²) in [6.07, 6.45) is 3.62. The first-order valence-corrected chi connectivity index (χ1v) is 11.8. The van der Waals surface area contributed by atoms with Crippen LogP contribution in [0.15, 0.2) is 77.4 Å². The molecule has 0 radical (unpaired) electrons. The average molecular weight is 502 g/mol. The average Bonchev–Trinajstić information content (AvgIpc) is 3.29. The summed E-state index contributed by atoms with van der Waals surface area (Å²) in [7, 11) is 2.94. The van der Waals surface area contributed by atoms with E-state index in [9.17, 15) is 9.59 Å². The van der Waals surface area contributed by atoms with Crippen LogP contribution in [0.4, 0.5) is 0 Å². The number of carbonyl (C=O) groups is 2. The molecule has 0 atom stereocenters. The Morgan fingerprint density at radius 2 is 1.70 bits per heavy atom. The number of unbranched alkanes of at least 4 members (excludes halogenated alkanes) is 1. The SMILES string of the molecule is CCCCOc1ccc(C2=N/C(=C/c3ccc(OC(=O)c4ccccc4OC)c(OC)c3)C(=O)O2)cc1.